The standard InChI is InChI=1S/C50H29N3O2/c1-2-11-30(12-3-1)50-51-41-17-7-4-15-38(41)48(52-50)33-21-24-36-37-16-10-19-44(49(37)55-47(36)29-33)53-42-18-8-5-13-34(42)39-27-31(22-25-43(39)53)32-23-26-46-40(28-32)35-14-6-9-20-45(35)54-46/h1-29H. The fourth-order valence-electron chi connectivity index (χ4n) is 8.44. The average molecular weight is 704 g/mol. The second-order valence-corrected chi connectivity index (χ2v) is 14.1. The molecule has 12 rings (SSSR count). The van der Waals surface area contributed by atoms with Crippen molar-refractivity contribution in [3.8, 4) is 39.5 Å². The summed E-state index contributed by atoms with van der Waals surface area (Å²) in [6, 6.07) is 61.4. The maximum absolute atomic E-state index is 6.88. The Bertz CT molecular complexity index is 3500. The maximum atomic E-state index is 6.88. The topological polar surface area (TPSA) is 57.0 Å². The fraction of sp³-hybridized carbons (Fsp3) is 0. The summed E-state index contributed by atoms with van der Waals surface area (Å²) in [6.45, 7) is 0. The van der Waals surface area contributed by atoms with E-state index in [9.17, 15) is 0 Å². The molecule has 4 heterocycles. The molecule has 0 spiro atoms. The van der Waals surface area contributed by atoms with Crippen molar-refractivity contribution in [1.82, 2.24) is 14.5 Å². The van der Waals surface area contributed by atoms with Crippen LogP contribution in [-0.4, -0.2) is 14.5 Å². The molecule has 5 heteroatoms. The number of benzene rings is 8. The molecule has 0 aliphatic carbocycles. The molecular formula is C50H29N3O2. The van der Waals surface area contributed by atoms with Gasteiger partial charge in [-0.2, -0.15) is 0 Å². The van der Waals surface area contributed by atoms with Gasteiger partial charge in [-0.15, -0.1) is 0 Å². The number of nitrogens with zero attached hydrogens (tertiary/aromatic N) is 3. The zero-order valence-electron chi connectivity index (χ0n) is 29.4. The molecule has 0 N–H and O–H groups in total. The van der Waals surface area contributed by atoms with E-state index in [-0.39, 0.29) is 0 Å². The molecule has 0 unspecified atom stereocenters. The van der Waals surface area contributed by atoms with Crippen LogP contribution in [0.15, 0.2) is 185 Å². The highest BCUT2D eigenvalue weighted by molar-refractivity contribution is 6.14. The summed E-state index contributed by atoms with van der Waals surface area (Å²) in [7, 11) is 0. The lowest BCUT2D eigenvalue weighted by atomic mass is 10.0. The van der Waals surface area contributed by atoms with Gasteiger partial charge in [0.1, 0.15) is 16.7 Å². The van der Waals surface area contributed by atoms with Gasteiger partial charge < -0.3 is 13.4 Å². The zero-order valence-corrected chi connectivity index (χ0v) is 29.4. The summed E-state index contributed by atoms with van der Waals surface area (Å²) in [5, 5.41) is 7.76. The van der Waals surface area contributed by atoms with E-state index in [1.165, 1.54) is 10.8 Å². The minimum Gasteiger partial charge on any atom is -0.456 e. The Morgan fingerprint density at radius 3 is 1.95 bits per heavy atom. The van der Waals surface area contributed by atoms with Gasteiger partial charge >= 0.3 is 0 Å². The monoisotopic (exact) mass is 703 g/mol. The van der Waals surface area contributed by atoms with Crippen molar-refractivity contribution in [3.63, 3.8) is 0 Å². The molecular weight excluding hydrogens is 675 g/mol. The van der Waals surface area contributed by atoms with Crippen LogP contribution in [0.1, 0.15) is 0 Å². The molecule has 0 fully saturated rings. The summed E-state index contributed by atoms with van der Waals surface area (Å²) in [5.74, 6) is 0.700. The second-order valence-electron chi connectivity index (χ2n) is 14.1. The fourth-order valence-corrected chi connectivity index (χ4v) is 8.44. The van der Waals surface area contributed by atoms with Crippen LogP contribution >= 0.6 is 0 Å². The van der Waals surface area contributed by atoms with Gasteiger partial charge in [0.25, 0.3) is 0 Å². The van der Waals surface area contributed by atoms with Gasteiger partial charge in [-0.25, -0.2) is 9.97 Å². The van der Waals surface area contributed by atoms with Crippen molar-refractivity contribution < 1.29 is 8.83 Å². The maximum Gasteiger partial charge on any atom is 0.160 e. The molecule has 55 heavy (non-hydrogen) atoms. The Hall–Kier alpha value is -7.50. The van der Waals surface area contributed by atoms with E-state index < -0.39 is 0 Å². The van der Waals surface area contributed by atoms with Crippen molar-refractivity contribution in [2.75, 3.05) is 0 Å². The SMILES string of the molecule is c1ccc(-c2nc(-c3ccc4c(c3)oc3c(-n5c6ccccc6c6cc(-c7ccc8oc9ccccc9c8c7)ccc65)cccc34)c3ccccc3n2)cc1. The molecule has 5 nitrogen and oxygen atoms in total. The quantitative estimate of drug-likeness (QED) is 0.183. The first kappa shape index (κ1) is 30.0. The minimum absolute atomic E-state index is 0.700. The van der Waals surface area contributed by atoms with Crippen molar-refractivity contribution in [1.29, 1.82) is 0 Å². The summed E-state index contributed by atoms with van der Waals surface area (Å²) in [6.07, 6.45) is 0. The van der Waals surface area contributed by atoms with Crippen LogP contribution in [0, 0.1) is 0 Å². The van der Waals surface area contributed by atoms with Crippen molar-refractivity contribution in [2.24, 2.45) is 0 Å². The third-order valence-corrected chi connectivity index (χ3v) is 11.0. The predicted molar refractivity (Wildman–Crippen MR) is 225 cm³/mol. The van der Waals surface area contributed by atoms with E-state index >= 15 is 0 Å². The van der Waals surface area contributed by atoms with Gasteiger partial charge in [-0.05, 0) is 71.8 Å². The number of hydrogen-bond acceptors (Lipinski definition) is 4. The lowest BCUT2D eigenvalue weighted by molar-refractivity contribution is 0.666. The molecule has 256 valence electrons. The average Bonchev–Trinajstić information content (AvgIpc) is 3.92. The lowest BCUT2D eigenvalue weighted by Crippen LogP contribution is -1.94. The van der Waals surface area contributed by atoms with Gasteiger partial charge in [0.05, 0.1) is 27.9 Å². The molecule has 0 radical (unpaired) electrons. The molecule has 4 aromatic heterocycles. The molecule has 12 aromatic rings. The van der Waals surface area contributed by atoms with Gasteiger partial charge in [0.15, 0.2) is 11.4 Å². The van der Waals surface area contributed by atoms with E-state index in [1.807, 2.05) is 48.5 Å². The molecule has 0 aliphatic rings. The minimum atomic E-state index is 0.700. The Morgan fingerprint density at radius 2 is 1.04 bits per heavy atom. The van der Waals surface area contributed by atoms with Crippen LogP contribution in [0.5, 0.6) is 0 Å². The summed E-state index contributed by atoms with van der Waals surface area (Å²) in [5.41, 5.74) is 12.8. The first-order valence-corrected chi connectivity index (χ1v) is 18.5. The number of fused-ring (bicyclic) bond motifs is 10. The molecule has 0 aliphatic heterocycles. The Morgan fingerprint density at radius 1 is 0.364 bits per heavy atom. The molecule has 0 atom stereocenters. The van der Waals surface area contributed by atoms with Gasteiger partial charge in [0, 0.05) is 48.8 Å². The third-order valence-electron chi connectivity index (χ3n) is 11.0. The smallest absolute Gasteiger partial charge is 0.160 e. The highest BCUT2D eigenvalue weighted by atomic mass is 16.3. The first-order valence-electron chi connectivity index (χ1n) is 18.5. The highest BCUT2D eigenvalue weighted by Crippen LogP contribution is 2.41. The molecule has 0 saturated heterocycles. The van der Waals surface area contributed by atoms with Gasteiger partial charge in [-0.1, -0.05) is 115 Å². The van der Waals surface area contributed by atoms with Crippen molar-refractivity contribution in [2.45, 2.75) is 0 Å². The number of hydrogen-bond donors (Lipinski definition) is 0. The third kappa shape index (κ3) is 4.53. The van der Waals surface area contributed by atoms with Crippen LogP contribution in [0.25, 0.3) is 116 Å². The van der Waals surface area contributed by atoms with Gasteiger partial charge in [0.2, 0.25) is 0 Å². The Balaban J connectivity index is 1.03. The number of rotatable bonds is 4. The predicted octanol–water partition coefficient (Wildman–Crippen LogP) is 13.5. The zero-order chi connectivity index (χ0) is 36.0. The molecule has 0 saturated carbocycles. The summed E-state index contributed by atoms with van der Waals surface area (Å²) in [4.78, 5) is 10.0. The van der Waals surface area contributed by atoms with E-state index in [0.717, 1.165) is 99.4 Å². The van der Waals surface area contributed by atoms with Crippen molar-refractivity contribution >= 4 is 76.6 Å². The normalized spacial score (nSPS) is 12.0. The molecule has 0 amide bonds. The number of aromatic nitrogens is 3. The van der Waals surface area contributed by atoms with E-state index in [4.69, 9.17) is 18.8 Å². The van der Waals surface area contributed by atoms with E-state index in [2.05, 4.69) is 132 Å². The van der Waals surface area contributed by atoms with E-state index in [0.29, 0.717) is 5.82 Å². The van der Waals surface area contributed by atoms with Crippen LogP contribution in [-0.2, 0) is 0 Å². The summed E-state index contributed by atoms with van der Waals surface area (Å²) >= 11 is 0. The Labute approximate surface area is 314 Å². The number of furan rings is 2. The van der Waals surface area contributed by atoms with Crippen LogP contribution < -0.4 is 0 Å². The largest absolute Gasteiger partial charge is 0.456 e. The lowest BCUT2D eigenvalue weighted by Gasteiger charge is -2.09. The van der Waals surface area contributed by atoms with Gasteiger partial charge in [-0.3, -0.25) is 0 Å². The van der Waals surface area contributed by atoms with Crippen LogP contribution in [0.4, 0.5) is 0 Å². The van der Waals surface area contributed by atoms with E-state index in [1.54, 1.807) is 0 Å². The van der Waals surface area contributed by atoms with Crippen LogP contribution in [0.2, 0.25) is 0 Å². The van der Waals surface area contributed by atoms with Crippen molar-refractivity contribution in [3.05, 3.63) is 176 Å². The number of para-hydroxylation sites is 4. The Kier molecular flexibility index (Phi) is 6.27. The molecule has 8 aromatic carbocycles. The highest BCUT2D eigenvalue weighted by Gasteiger charge is 2.20. The summed E-state index contributed by atoms with van der Waals surface area (Å²) < 4.78 is 15.4. The first-order chi connectivity index (χ1) is 27.2. The van der Waals surface area contributed by atoms with Crippen LogP contribution in [0.3, 0.4) is 0 Å². The second kappa shape index (κ2) is 11.5. The molecule has 0 bridgehead atoms.